The van der Waals surface area contributed by atoms with E-state index in [1.807, 2.05) is 19.2 Å². The molecule has 0 amide bonds. The van der Waals surface area contributed by atoms with Gasteiger partial charge in [-0.25, -0.2) is 9.59 Å². The maximum absolute atomic E-state index is 11.9. The van der Waals surface area contributed by atoms with Gasteiger partial charge in [0, 0.05) is 5.56 Å². The van der Waals surface area contributed by atoms with E-state index in [1.165, 1.54) is 20.3 Å². The Morgan fingerprint density at radius 1 is 1.00 bits per heavy atom. The second kappa shape index (κ2) is 9.74. The highest BCUT2D eigenvalue weighted by Gasteiger charge is 2.16. The number of furan rings is 1. The first-order chi connectivity index (χ1) is 12.6. The minimum absolute atomic E-state index is 0.258. The Morgan fingerprint density at radius 2 is 1.65 bits per heavy atom. The Balaban J connectivity index is 2.19. The van der Waals surface area contributed by atoms with Gasteiger partial charge in [-0.3, -0.25) is 0 Å². The summed E-state index contributed by atoms with van der Waals surface area (Å²) >= 11 is 0. The van der Waals surface area contributed by atoms with E-state index in [0.717, 1.165) is 25.3 Å². The van der Waals surface area contributed by atoms with Gasteiger partial charge in [0.15, 0.2) is 0 Å². The molecule has 0 spiro atoms. The van der Waals surface area contributed by atoms with Gasteiger partial charge in [0.2, 0.25) is 0 Å². The molecule has 0 aliphatic carbocycles. The maximum atomic E-state index is 11.9. The first kappa shape index (κ1) is 19.7. The van der Waals surface area contributed by atoms with Crippen LogP contribution in [0.4, 0.5) is 0 Å². The van der Waals surface area contributed by atoms with E-state index in [2.05, 4.69) is 10.6 Å². The second-order valence-corrected chi connectivity index (χ2v) is 5.68. The lowest BCUT2D eigenvalue weighted by Gasteiger charge is -2.07. The SMILES string of the molecule is CNCCCNCc1ccc(-c2cc(C(=O)OC)cc(C(=O)OC)c2)o1. The molecule has 0 atom stereocenters. The minimum atomic E-state index is -0.532. The molecule has 7 nitrogen and oxygen atoms in total. The third-order valence-corrected chi connectivity index (χ3v) is 3.80. The highest BCUT2D eigenvalue weighted by molar-refractivity contribution is 5.97. The Labute approximate surface area is 152 Å². The van der Waals surface area contributed by atoms with Crippen molar-refractivity contribution in [3.63, 3.8) is 0 Å². The summed E-state index contributed by atoms with van der Waals surface area (Å²) in [6.45, 7) is 2.43. The summed E-state index contributed by atoms with van der Waals surface area (Å²) in [5.41, 5.74) is 1.12. The van der Waals surface area contributed by atoms with Gasteiger partial charge in [-0.2, -0.15) is 0 Å². The first-order valence-corrected chi connectivity index (χ1v) is 8.35. The van der Waals surface area contributed by atoms with Gasteiger partial charge >= 0.3 is 11.9 Å². The lowest BCUT2D eigenvalue weighted by molar-refractivity contribution is 0.0599. The molecule has 0 saturated heterocycles. The molecule has 0 aliphatic heterocycles. The molecule has 0 bridgehead atoms. The molecule has 26 heavy (non-hydrogen) atoms. The molecule has 0 fully saturated rings. The van der Waals surface area contributed by atoms with Crippen molar-refractivity contribution in [2.24, 2.45) is 0 Å². The van der Waals surface area contributed by atoms with E-state index in [9.17, 15) is 9.59 Å². The van der Waals surface area contributed by atoms with Gasteiger partial charge in [-0.1, -0.05) is 0 Å². The molecule has 140 valence electrons. The normalized spacial score (nSPS) is 10.6. The van der Waals surface area contributed by atoms with Gasteiger partial charge in [0.1, 0.15) is 11.5 Å². The number of benzene rings is 1. The van der Waals surface area contributed by atoms with Crippen LogP contribution in [0.2, 0.25) is 0 Å². The van der Waals surface area contributed by atoms with E-state index in [-0.39, 0.29) is 11.1 Å². The number of ether oxygens (including phenoxy) is 2. The zero-order valence-electron chi connectivity index (χ0n) is 15.3. The molecule has 1 aromatic carbocycles. The van der Waals surface area contributed by atoms with Crippen LogP contribution in [-0.4, -0.2) is 46.3 Å². The lowest BCUT2D eigenvalue weighted by atomic mass is 10.0. The Morgan fingerprint density at radius 3 is 2.23 bits per heavy atom. The van der Waals surface area contributed by atoms with E-state index in [0.29, 0.717) is 17.9 Å². The van der Waals surface area contributed by atoms with Crippen molar-refractivity contribution in [1.82, 2.24) is 10.6 Å². The molecule has 2 aromatic rings. The number of hydrogen-bond acceptors (Lipinski definition) is 7. The van der Waals surface area contributed by atoms with Crippen molar-refractivity contribution in [2.75, 3.05) is 34.4 Å². The number of carbonyl (C=O) groups is 2. The van der Waals surface area contributed by atoms with Crippen LogP contribution in [0.1, 0.15) is 32.9 Å². The lowest BCUT2D eigenvalue weighted by Crippen LogP contribution is -2.19. The smallest absolute Gasteiger partial charge is 0.337 e. The number of rotatable bonds is 9. The predicted molar refractivity (Wildman–Crippen MR) is 97.1 cm³/mol. The fourth-order valence-electron chi connectivity index (χ4n) is 2.47. The average Bonchev–Trinajstić information content (AvgIpc) is 3.15. The standard InChI is InChI=1S/C19H24N2O5/c1-20-7-4-8-21-12-16-5-6-17(26-16)13-9-14(18(22)24-2)11-15(10-13)19(23)25-3/h5-6,9-11,20-21H,4,7-8,12H2,1-3H3. The van der Waals surface area contributed by atoms with Gasteiger partial charge in [0.25, 0.3) is 0 Å². The van der Waals surface area contributed by atoms with Gasteiger partial charge in [-0.15, -0.1) is 0 Å². The highest BCUT2D eigenvalue weighted by atomic mass is 16.5. The molecular weight excluding hydrogens is 336 g/mol. The van der Waals surface area contributed by atoms with Crippen LogP contribution in [0, 0.1) is 0 Å². The first-order valence-electron chi connectivity index (χ1n) is 8.35. The van der Waals surface area contributed by atoms with Gasteiger partial charge < -0.3 is 24.5 Å². The van der Waals surface area contributed by atoms with Crippen molar-refractivity contribution in [3.8, 4) is 11.3 Å². The summed E-state index contributed by atoms with van der Waals surface area (Å²) in [5, 5.41) is 6.39. The van der Waals surface area contributed by atoms with Crippen molar-refractivity contribution >= 4 is 11.9 Å². The van der Waals surface area contributed by atoms with Crippen molar-refractivity contribution in [3.05, 3.63) is 47.2 Å². The van der Waals surface area contributed by atoms with Crippen LogP contribution >= 0.6 is 0 Å². The minimum Gasteiger partial charge on any atom is -0.465 e. The molecule has 7 heteroatoms. The maximum Gasteiger partial charge on any atom is 0.337 e. The zero-order valence-corrected chi connectivity index (χ0v) is 15.3. The summed E-state index contributed by atoms with van der Waals surface area (Å²) in [4.78, 5) is 23.7. The summed E-state index contributed by atoms with van der Waals surface area (Å²) < 4.78 is 15.3. The third-order valence-electron chi connectivity index (χ3n) is 3.80. The van der Waals surface area contributed by atoms with Gasteiger partial charge in [0.05, 0.1) is 31.9 Å². The molecule has 0 saturated carbocycles. The van der Waals surface area contributed by atoms with Crippen molar-refractivity contribution in [1.29, 1.82) is 0 Å². The molecular formula is C19H24N2O5. The molecule has 0 unspecified atom stereocenters. The van der Waals surface area contributed by atoms with Crippen LogP contribution in [0.3, 0.4) is 0 Å². The number of hydrogen-bond donors (Lipinski definition) is 2. The summed E-state index contributed by atoms with van der Waals surface area (Å²) in [6, 6.07) is 8.36. The number of nitrogens with one attached hydrogen (secondary N) is 2. The van der Waals surface area contributed by atoms with Crippen molar-refractivity contribution < 1.29 is 23.5 Å². The monoisotopic (exact) mass is 360 g/mol. The zero-order chi connectivity index (χ0) is 18.9. The quantitative estimate of drug-likeness (QED) is 0.523. The van der Waals surface area contributed by atoms with Gasteiger partial charge in [-0.05, 0) is 56.9 Å². The highest BCUT2D eigenvalue weighted by Crippen LogP contribution is 2.25. The molecule has 0 radical (unpaired) electrons. The fraction of sp³-hybridized carbons (Fsp3) is 0.368. The average molecular weight is 360 g/mol. The number of methoxy groups -OCH3 is 2. The summed E-state index contributed by atoms with van der Waals surface area (Å²) in [7, 11) is 4.50. The molecule has 1 aromatic heterocycles. The van der Waals surface area contributed by atoms with Crippen LogP contribution in [0.5, 0.6) is 0 Å². The van der Waals surface area contributed by atoms with Crippen LogP contribution in [0.25, 0.3) is 11.3 Å². The largest absolute Gasteiger partial charge is 0.465 e. The van der Waals surface area contributed by atoms with Crippen molar-refractivity contribution in [2.45, 2.75) is 13.0 Å². The van der Waals surface area contributed by atoms with Crippen LogP contribution in [0.15, 0.2) is 34.7 Å². The Kier molecular flexibility index (Phi) is 7.37. The predicted octanol–water partition coefficient (Wildman–Crippen LogP) is 2.22. The topological polar surface area (TPSA) is 89.8 Å². The van der Waals surface area contributed by atoms with Crippen LogP contribution in [-0.2, 0) is 16.0 Å². The van der Waals surface area contributed by atoms with E-state index in [4.69, 9.17) is 13.9 Å². The third kappa shape index (κ3) is 5.18. The van der Waals surface area contributed by atoms with E-state index in [1.54, 1.807) is 12.1 Å². The van der Waals surface area contributed by atoms with E-state index >= 15 is 0 Å². The number of esters is 2. The molecule has 1 heterocycles. The summed E-state index contributed by atoms with van der Waals surface area (Å²) in [6.07, 6.45) is 1.02. The van der Waals surface area contributed by atoms with Crippen LogP contribution < -0.4 is 10.6 Å². The Hall–Kier alpha value is -2.64. The Bertz CT molecular complexity index is 720. The number of carbonyl (C=O) groups excluding carboxylic acids is 2. The molecule has 2 rings (SSSR count). The van der Waals surface area contributed by atoms with E-state index < -0.39 is 11.9 Å². The molecule has 0 aliphatic rings. The molecule has 2 N–H and O–H groups in total. The second-order valence-electron chi connectivity index (χ2n) is 5.68. The summed E-state index contributed by atoms with van der Waals surface area (Å²) in [5.74, 6) is 0.269. The fourth-order valence-corrected chi connectivity index (χ4v) is 2.47.